The number of aromatic carboxylic acids is 1. The standard InChI is InChI=1S/C39H68O4/c1-7-10-12-14-16-18-23-32(9-3)24-20-21-26-33(25-19-17-15-13-11-8-2)27-22-30-43-38(42)36-31-34(39(4,5)6)28-29-35(36)37(40)41/h28-29,31-33H,7-27,30H2,1-6H3,(H,40,41). The summed E-state index contributed by atoms with van der Waals surface area (Å²) in [5.41, 5.74) is 0.929. The zero-order valence-corrected chi connectivity index (χ0v) is 29.1. The molecule has 0 aromatic heterocycles. The van der Waals surface area contributed by atoms with Crippen LogP contribution in [0.1, 0.15) is 203 Å². The average Bonchev–Trinajstić information content (AvgIpc) is 2.98. The number of esters is 1. The molecule has 43 heavy (non-hydrogen) atoms. The van der Waals surface area contributed by atoms with Crippen LogP contribution in [-0.2, 0) is 10.2 Å². The van der Waals surface area contributed by atoms with Gasteiger partial charge in [-0.2, -0.15) is 0 Å². The quantitative estimate of drug-likeness (QED) is 0.0848. The van der Waals surface area contributed by atoms with Gasteiger partial charge in [-0.15, -0.1) is 0 Å². The molecule has 0 saturated heterocycles. The summed E-state index contributed by atoms with van der Waals surface area (Å²) in [6.45, 7) is 13.4. The molecule has 0 heterocycles. The molecule has 1 aromatic rings. The van der Waals surface area contributed by atoms with Crippen LogP contribution in [0.4, 0.5) is 0 Å². The van der Waals surface area contributed by atoms with E-state index in [9.17, 15) is 14.7 Å². The minimum atomic E-state index is -1.09. The third kappa shape index (κ3) is 17.9. The first-order valence-electron chi connectivity index (χ1n) is 18.2. The molecule has 1 N–H and O–H groups in total. The van der Waals surface area contributed by atoms with Gasteiger partial charge < -0.3 is 9.84 Å². The predicted octanol–water partition coefficient (Wildman–Crippen LogP) is 12.3. The molecule has 0 spiro atoms. The van der Waals surface area contributed by atoms with Crippen molar-refractivity contribution in [2.75, 3.05) is 6.61 Å². The fourth-order valence-corrected chi connectivity index (χ4v) is 6.26. The highest BCUT2D eigenvalue weighted by atomic mass is 16.5. The topological polar surface area (TPSA) is 63.6 Å². The van der Waals surface area contributed by atoms with Crippen molar-refractivity contribution in [2.45, 2.75) is 182 Å². The first-order chi connectivity index (χ1) is 20.6. The maximum absolute atomic E-state index is 12.9. The van der Waals surface area contributed by atoms with Crippen LogP contribution in [0.3, 0.4) is 0 Å². The van der Waals surface area contributed by atoms with E-state index in [2.05, 4.69) is 41.5 Å². The Morgan fingerprint density at radius 1 is 0.651 bits per heavy atom. The Labute approximate surface area is 266 Å². The van der Waals surface area contributed by atoms with Crippen LogP contribution < -0.4 is 0 Å². The minimum Gasteiger partial charge on any atom is -0.478 e. The van der Waals surface area contributed by atoms with E-state index in [1.54, 1.807) is 12.1 Å². The van der Waals surface area contributed by atoms with Crippen LogP contribution in [0.2, 0.25) is 0 Å². The third-order valence-electron chi connectivity index (χ3n) is 9.31. The maximum Gasteiger partial charge on any atom is 0.339 e. The SMILES string of the molecule is CCCCCCCCC(CC)CCCCC(CCCCCCCC)CCCOC(=O)c1cc(C(C)(C)C)ccc1C(=O)O. The minimum absolute atomic E-state index is 0.0147. The molecule has 0 saturated carbocycles. The largest absolute Gasteiger partial charge is 0.478 e. The lowest BCUT2D eigenvalue weighted by molar-refractivity contribution is 0.0482. The summed E-state index contributed by atoms with van der Waals surface area (Å²) in [6, 6.07) is 5.03. The van der Waals surface area contributed by atoms with E-state index in [0.717, 1.165) is 24.3 Å². The lowest BCUT2D eigenvalue weighted by atomic mass is 9.85. The summed E-state index contributed by atoms with van der Waals surface area (Å²) in [7, 11) is 0. The Balaban J connectivity index is 2.56. The fourth-order valence-electron chi connectivity index (χ4n) is 6.26. The van der Waals surface area contributed by atoms with Crippen molar-refractivity contribution in [1.29, 1.82) is 0 Å². The second-order valence-corrected chi connectivity index (χ2v) is 14.1. The first kappa shape index (κ1) is 39.2. The van der Waals surface area contributed by atoms with Crippen LogP contribution in [0.25, 0.3) is 0 Å². The van der Waals surface area contributed by atoms with Gasteiger partial charge in [-0.25, -0.2) is 9.59 Å². The van der Waals surface area contributed by atoms with Gasteiger partial charge in [0.2, 0.25) is 0 Å². The normalized spacial score (nSPS) is 13.2. The van der Waals surface area contributed by atoms with Gasteiger partial charge in [0.15, 0.2) is 0 Å². The molecule has 4 nitrogen and oxygen atoms in total. The molecular formula is C39H68O4. The van der Waals surface area contributed by atoms with Gasteiger partial charge in [0, 0.05) is 0 Å². The second kappa shape index (κ2) is 23.5. The Kier molecular flexibility index (Phi) is 21.4. The molecule has 0 aliphatic rings. The second-order valence-electron chi connectivity index (χ2n) is 14.1. The molecule has 4 heteroatoms. The summed E-state index contributed by atoms with van der Waals surface area (Å²) in [6.07, 6.45) is 27.4. The highest BCUT2D eigenvalue weighted by Gasteiger charge is 2.22. The summed E-state index contributed by atoms with van der Waals surface area (Å²) in [5, 5.41) is 9.63. The van der Waals surface area contributed by atoms with Gasteiger partial charge in [0.1, 0.15) is 0 Å². The average molecular weight is 601 g/mol. The molecule has 0 bridgehead atoms. The number of carbonyl (C=O) groups is 2. The van der Waals surface area contributed by atoms with Crippen molar-refractivity contribution >= 4 is 11.9 Å². The summed E-state index contributed by atoms with van der Waals surface area (Å²) in [4.78, 5) is 24.7. The lowest BCUT2D eigenvalue weighted by Gasteiger charge is -2.20. The highest BCUT2D eigenvalue weighted by molar-refractivity contribution is 6.02. The maximum atomic E-state index is 12.9. The van der Waals surface area contributed by atoms with Gasteiger partial charge in [-0.3, -0.25) is 0 Å². The number of carbonyl (C=O) groups excluding carboxylic acids is 1. The number of rotatable bonds is 26. The molecule has 1 rings (SSSR count). The molecule has 0 aliphatic carbocycles. The van der Waals surface area contributed by atoms with Crippen LogP contribution in [0, 0.1) is 11.8 Å². The summed E-state index contributed by atoms with van der Waals surface area (Å²) < 4.78 is 5.64. The molecule has 248 valence electrons. The summed E-state index contributed by atoms with van der Waals surface area (Å²) in [5.74, 6) is -0.0481. The molecule has 0 fully saturated rings. The van der Waals surface area contributed by atoms with Crippen LogP contribution in [-0.4, -0.2) is 23.7 Å². The monoisotopic (exact) mass is 601 g/mol. The zero-order chi connectivity index (χ0) is 31.9. The van der Waals surface area contributed by atoms with Crippen molar-refractivity contribution in [2.24, 2.45) is 11.8 Å². The van der Waals surface area contributed by atoms with Crippen LogP contribution in [0.15, 0.2) is 18.2 Å². The molecule has 0 amide bonds. The number of carboxylic acid groups (broad SMARTS) is 1. The molecule has 2 atom stereocenters. The Bertz CT molecular complexity index is 868. The van der Waals surface area contributed by atoms with E-state index in [0.29, 0.717) is 12.5 Å². The molecule has 2 unspecified atom stereocenters. The van der Waals surface area contributed by atoms with E-state index in [-0.39, 0.29) is 16.5 Å². The van der Waals surface area contributed by atoms with Crippen molar-refractivity contribution in [3.63, 3.8) is 0 Å². The van der Waals surface area contributed by atoms with Gasteiger partial charge in [-0.05, 0) is 47.8 Å². The smallest absolute Gasteiger partial charge is 0.339 e. The third-order valence-corrected chi connectivity index (χ3v) is 9.31. The van der Waals surface area contributed by atoms with Crippen molar-refractivity contribution in [3.8, 4) is 0 Å². The van der Waals surface area contributed by atoms with E-state index >= 15 is 0 Å². The van der Waals surface area contributed by atoms with Crippen LogP contribution >= 0.6 is 0 Å². The van der Waals surface area contributed by atoms with E-state index in [1.807, 2.05) is 0 Å². The first-order valence-corrected chi connectivity index (χ1v) is 18.2. The molecular weight excluding hydrogens is 532 g/mol. The lowest BCUT2D eigenvalue weighted by Crippen LogP contribution is -2.17. The van der Waals surface area contributed by atoms with Gasteiger partial charge in [-0.1, -0.05) is 170 Å². The molecule has 1 aromatic carbocycles. The van der Waals surface area contributed by atoms with Crippen LogP contribution in [0.5, 0.6) is 0 Å². The Morgan fingerprint density at radius 3 is 1.60 bits per heavy atom. The number of ether oxygens (including phenoxy) is 1. The number of unbranched alkanes of at least 4 members (excludes halogenated alkanes) is 11. The highest BCUT2D eigenvalue weighted by Crippen LogP contribution is 2.27. The molecule has 0 radical (unpaired) electrons. The zero-order valence-electron chi connectivity index (χ0n) is 29.1. The number of carboxylic acids is 1. The fraction of sp³-hybridized carbons (Fsp3) is 0.795. The number of benzene rings is 1. The van der Waals surface area contributed by atoms with Crippen molar-refractivity contribution < 1.29 is 19.4 Å². The predicted molar refractivity (Wildman–Crippen MR) is 183 cm³/mol. The van der Waals surface area contributed by atoms with Gasteiger partial charge in [0.05, 0.1) is 17.7 Å². The molecule has 0 aliphatic heterocycles. The Hall–Kier alpha value is -1.84. The van der Waals surface area contributed by atoms with Gasteiger partial charge >= 0.3 is 11.9 Å². The Morgan fingerprint density at radius 2 is 1.12 bits per heavy atom. The van der Waals surface area contributed by atoms with Crippen molar-refractivity contribution in [3.05, 3.63) is 34.9 Å². The van der Waals surface area contributed by atoms with E-state index < -0.39 is 11.9 Å². The summed E-state index contributed by atoms with van der Waals surface area (Å²) >= 11 is 0. The van der Waals surface area contributed by atoms with E-state index in [4.69, 9.17) is 4.74 Å². The van der Waals surface area contributed by atoms with Gasteiger partial charge in [0.25, 0.3) is 0 Å². The van der Waals surface area contributed by atoms with E-state index in [1.165, 1.54) is 128 Å². The number of hydrogen-bond donors (Lipinski definition) is 1. The van der Waals surface area contributed by atoms with Crippen molar-refractivity contribution in [1.82, 2.24) is 0 Å². The number of hydrogen-bond acceptors (Lipinski definition) is 3.